The van der Waals surface area contributed by atoms with Gasteiger partial charge in [0.25, 0.3) is 0 Å². The molecule has 0 aliphatic heterocycles. The van der Waals surface area contributed by atoms with E-state index < -0.39 is 0 Å². The van der Waals surface area contributed by atoms with Crippen molar-refractivity contribution in [2.24, 2.45) is 7.05 Å². The Bertz CT molecular complexity index is 321. The molecule has 0 amide bonds. The van der Waals surface area contributed by atoms with Crippen LogP contribution in [0, 0.1) is 11.3 Å². The fourth-order valence-electron chi connectivity index (χ4n) is 1.40. The average molecular weight is 192 g/mol. The summed E-state index contributed by atoms with van der Waals surface area (Å²) in [6.45, 7) is 3.65. The molecule has 0 spiro atoms. The Morgan fingerprint density at radius 3 is 3.07 bits per heavy atom. The Kier molecular flexibility index (Phi) is 4.14. The van der Waals surface area contributed by atoms with E-state index in [0.29, 0.717) is 6.42 Å². The highest BCUT2D eigenvalue weighted by Gasteiger charge is 2.04. The summed E-state index contributed by atoms with van der Waals surface area (Å²) >= 11 is 0. The SMILES string of the molecule is CCc1nn(C)cc1CNCCC#N. The van der Waals surface area contributed by atoms with Crippen LogP contribution in [0.15, 0.2) is 6.20 Å². The first kappa shape index (κ1) is 10.7. The first-order chi connectivity index (χ1) is 6.77. The zero-order valence-electron chi connectivity index (χ0n) is 8.75. The first-order valence-electron chi connectivity index (χ1n) is 4.87. The quantitative estimate of drug-likeness (QED) is 0.708. The van der Waals surface area contributed by atoms with Gasteiger partial charge in [-0.2, -0.15) is 10.4 Å². The molecule has 0 aliphatic carbocycles. The maximum absolute atomic E-state index is 8.36. The van der Waals surface area contributed by atoms with Gasteiger partial charge >= 0.3 is 0 Å². The van der Waals surface area contributed by atoms with Crippen molar-refractivity contribution in [3.63, 3.8) is 0 Å². The summed E-state index contributed by atoms with van der Waals surface area (Å²) in [6, 6.07) is 2.10. The van der Waals surface area contributed by atoms with Crippen LogP contribution in [0.1, 0.15) is 24.6 Å². The Morgan fingerprint density at radius 2 is 2.43 bits per heavy atom. The first-order valence-corrected chi connectivity index (χ1v) is 4.87. The second-order valence-corrected chi connectivity index (χ2v) is 3.21. The Balaban J connectivity index is 2.45. The molecule has 1 rings (SSSR count). The molecule has 1 aromatic heterocycles. The highest BCUT2D eigenvalue weighted by Crippen LogP contribution is 2.06. The monoisotopic (exact) mass is 192 g/mol. The molecule has 4 heteroatoms. The normalized spacial score (nSPS) is 10.1. The average Bonchev–Trinajstić information content (AvgIpc) is 2.54. The lowest BCUT2D eigenvalue weighted by Gasteiger charge is -2.00. The van der Waals surface area contributed by atoms with E-state index in [2.05, 4.69) is 23.4 Å². The molecule has 0 saturated carbocycles. The summed E-state index contributed by atoms with van der Waals surface area (Å²) in [7, 11) is 1.93. The van der Waals surface area contributed by atoms with E-state index in [9.17, 15) is 0 Å². The van der Waals surface area contributed by atoms with Crippen LogP contribution in [-0.2, 0) is 20.0 Å². The van der Waals surface area contributed by atoms with E-state index >= 15 is 0 Å². The number of aryl methyl sites for hydroxylation is 2. The van der Waals surface area contributed by atoms with Crippen molar-refractivity contribution in [1.82, 2.24) is 15.1 Å². The predicted molar refractivity (Wildman–Crippen MR) is 54.5 cm³/mol. The zero-order chi connectivity index (χ0) is 10.4. The summed E-state index contributed by atoms with van der Waals surface area (Å²) in [6.07, 6.45) is 3.54. The molecular formula is C10H16N4. The number of hydrogen-bond donors (Lipinski definition) is 1. The number of aromatic nitrogens is 2. The number of nitrogens with one attached hydrogen (secondary N) is 1. The van der Waals surface area contributed by atoms with Gasteiger partial charge in [-0.15, -0.1) is 0 Å². The Labute approximate surface area is 84.5 Å². The molecule has 4 nitrogen and oxygen atoms in total. The lowest BCUT2D eigenvalue weighted by Crippen LogP contribution is -2.14. The van der Waals surface area contributed by atoms with Gasteiger partial charge in [0.1, 0.15) is 0 Å². The zero-order valence-corrected chi connectivity index (χ0v) is 8.75. The lowest BCUT2D eigenvalue weighted by atomic mass is 10.2. The molecule has 76 valence electrons. The van der Waals surface area contributed by atoms with E-state index in [-0.39, 0.29) is 0 Å². The van der Waals surface area contributed by atoms with Crippen molar-refractivity contribution >= 4 is 0 Å². The Morgan fingerprint density at radius 1 is 1.64 bits per heavy atom. The van der Waals surface area contributed by atoms with Gasteiger partial charge in [0.05, 0.1) is 11.8 Å². The van der Waals surface area contributed by atoms with Crippen molar-refractivity contribution in [2.75, 3.05) is 6.54 Å². The van der Waals surface area contributed by atoms with Gasteiger partial charge in [0, 0.05) is 38.3 Å². The molecule has 0 aliphatic rings. The van der Waals surface area contributed by atoms with Crippen LogP contribution in [-0.4, -0.2) is 16.3 Å². The van der Waals surface area contributed by atoms with Crippen molar-refractivity contribution in [3.05, 3.63) is 17.5 Å². The molecule has 0 radical (unpaired) electrons. The van der Waals surface area contributed by atoms with E-state index in [1.54, 1.807) is 0 Å². The molecule has 1 heterocycles. The van der Waals surface area contributed by atoms with Crippen molar-refractivity contribution in [2.45, 2.75) is 26.3 Å². The van der Waals surface area contributed by atoms with Crippen LogP contribution in [0.4, 0.5) is 0 Å². The highest BCUT2D eigenvalue weighted by atomic mass is 15.3. The van der Waals surface area contributed by atoms with E-state index in [4.69, 9.17) is 5.26 Å². The summed E-state index contributed by atoms with van der Waals surface area (Å²) < 4.78 is 1.83. The molecular weight excluding hydrogens is 176 g/mol. The van der Waals surface area contributed by atoms with E-state index in [0.717, 1.165) is 25.2 Å². The molecule has 1 N–H and O–H groups in total. The molecule has 1 aromatic rings. The third-order valence-corrected chi connectivity index (χ3v) is 2.06. The number of nitriles is 1. The summed E-state index contributed by atoms with van der Waals surface area (Å²) in [5.74, 6) is 0. The highest BCUT2D eigenvalue weighted by molar-refractivity contribution is 5.16. The van der Waals surface area contributed by atoms with Gasteiger partial charge in [-0.3, -0.25) is 4.68 Å². The number of hydrogen-bond acceptors (Lipinski definition) is 3. The minimum Gasteiger partial charge on any atom is -0.312 e. The number of rotatable bonds is 5. The fourth-order valence-corrected chi connectivity index (χ4v) is 1.40. The van der Waals surface area contributed by atoms with Crippen LogP contribution < -0.4 is 5.32 Å². The molecule has 0 bridgehead atoms. The number of nitrogens with zero attached hydrogens (tertiary/aromatic N) is 3. The minimum atomic E-state index is 0.557. The van der Waals surface area contributed by atoms with Gasteiger partial charge < -0.3 is 5.32 Å². The predicted octanol–water partition coefficient (Wildman–Crippen LogP) is 0.986. The van der Waals surface area contributed by atoms with Crippen molar-refractivity contribution in [1.29, 1.82) is 5.26 Å². The molecule has 0 fully saturated rings. The van der Waals surface area contributed by atoms with Crippen LogP contribution in [0.2, 0.25) is 0 Å². The Hall–Kier alpha value is -1.34. The molecule has 0 atom stereocenters. The fraction of sp³-hybridized carbons (Fsp3) is 0.600. The van der Waals surface area contributed by atoms with Gasteiger partial charge in [0.2, 0.25) is 0 Å². The van der Waals surface area contributed by atoms with Crippen LogP contribution in [0.5, 0.6) is 0 Å². The van der Waals surface area contributed by atoms with Gasteiger partial charge in [-0.05, 0) is 6.42 Å². The standard InChI is InChI=1S/C10H16N4/c1-3-10-9(8-14(2)13-10)7-12-6-4-5-11/h8,12H,3-4,6-7H2,1-2H3. The molecule has 0 saturated heterocycles. The van der Waals surface area contributed by atoms with Crippen molar-refractivity contribution < 1.29 is 0 Å². The second-order valence-electron chi connectivity index (χ2n) is 3.21. The van der Waals surface area contributed by atoms with Gasteiger partial charge in [-0.25, -0.2) is 0 Å². The van der Waals surface area contributed by atoms with Crippen LogP contribution in [0.25, 0.3) is 0 Å². The summed E-state index contributed by atoms with van der Waals surface area (Å²) in [5.41, 5.74) is 2.37. The van der Waals surface area contributed by atoms with Crippen LogP contribution >= 0.6 is 0 Å². The maximum Gasteiger partial charge on any atom is 0.0666 e. The third kappa shape index (κ3) is 2.86. The minimum absolute atomic E-state index is 0.557. The van der Waals surface area contributed by atoms with Gasteiger partial charge in [0.15, 0.2) is 0 Å². The third-order valence-electron chi connectivity index (χ3n) is 2.06. The second kappa shape index (κ2) is 5.40. The van der Waals surface area contributed by atoms with E-state index in [1.807, 2.05) is 17.9 Å². The topological polar surface area (TPSA) is 53.6 Å². The molecule has 0 unspecified atom stereocenters. The van der Waals surface area contributed by atoms with Gasteiger partial charge in [-0.1, -0.05) is 6.92 Å². The maximum atomic E-state index is 8.36. The van der Waals surface area contributed by atoms with Crippen molar-refractivity contribution in [3.8, 4) is 6.07 Å². The summed E-state index contributed by atoms with van der Waals surface area (Å²) in [5, 5.41) is 15.9. The smallest absolute Gasteiger partial charge is 0.0666 e. The lowest BCUT2D eigenvalue weighted by molar-refractivity contribution is 0.694. The molecule has 14 heavy (non-hydrogen) atoms. The summed E-state index contributed by atoms with van der Waals surface area (Å²) in [4.78, 5) is 0. The largest absolute Gasteiger partial charge is 0.312 e. The van der Waals surface area contributed by atoms with E-state index in [1.165, 1.54) is 5.56 Å². The van der Waals surface area contributed by atoms with Crippen LogP contribution in [0.3, 0.4) is 0 Å². The molecule has 0 aromatic carbocycles.